The molecule has 1 aliphatic heterocycles. The Kier molecular flexibility index (Phi) is 5.52. The molecule has 24 heavy (non-hydrogen) atoms. The normalized spacial score (nSPS) is 17.7. The summed E-state index contributed by atoms with van der Waals surface area (Å²) in [6.07, 6.45) is 4.66. The predicted octanol–water partition coefficient (Wildman–Crippen LogP) is 1.82. The van der Waals surface area contributed by atoms with Crippen LogP contribution < -0.4 is 5.56 Å². The molecule has 1 aliphatic rings. The van der Waals surface area contributed by atoms with Crippen molar-refractivity contribution in [1.29, 1.82) is 0 Å². The number of H-pyrrole nitrogens is 1. The van der Waals surface area contributed by atoms with E-state index >= 15 is 0 Å². The van der Waals surface area contributed by atoms with Crippen molar-refractivity contribution in [2.45, 2.75) is 30.4 Å². The van der Waals surface area contributed by atoms with E-state index in [1.165, 1.54) is 12.3 Å². The standard InChI is InChI=1S/C17H20FN3O2S/c18-15-4-2-1-3-13(15)12-24(23)14-5-9-21(10-6-14)11-16-17(22)20-8-7-19-16/h1-4,7-8,14H,5-6,9-12H2,(H,20,22). The van der Waals surface area contributed by atoms with Crippen molar-refractivity contribution in [2.75, 3.05) is 13.1 Å². The first kappa shape index (κ1) is 17.0. The molecule has 0 radical (unpaired) electrons. The zero-order valence-electron chi connectivity index (χ0n) is 13.3. The molecule has 0 aliphatic carbocycles. The van der Waals surface area contributed by atoms with E-state index in [0.29, 0.717) is 17.8 Å². The Morgan fingerprint density at radius 1 is 1.29 bits per heavy atom. The third kappa shape index (κ3) is 4.15. The number of nitrogens with one attached hydrogen (secondary N) is 1. The summed E-state index contributed by atoms with van der Waals surface area (Å²) in [7, 11) is -1.08. The summed E-state index contributed by atoms with van der Waals surface area (Å²) in [4.78, 5) is 20.5. The topological polar surface area (TPSA) is 66.1 Å². The summed E-state index contributed by atoms with van der Waals surface area (Å²) in [5.41, 5.74) is 0.851. The molecule has 5 nitrogen and oxygen atoms in total. The largest absolute Gasteiger partial charge is 0.326 e. The quantitative estimate of drug-likeness (QED) is 0.894. The lowest BCUT2D eigenvalue weighted by atomic mass is 10.1. The van der Waals surface area contributed by atoms with Crippen molar-refractivity contribution in [3.8, 4) is 0 Å². The number of hydrogen-bond acceptors (Lipinski definition) is 4. The number of likely N-dealkylation sites (tertiary alicyclic amines) is 1. The second-order valence-corrected chi connectivity index (χ2v) is 7.67. The highest BCUT2D eigenvalue weighted by atomic mass is 32.2. The summed E-state index contributed by atoms with van der Waals surface area (Å²) >= 11 is 0. The van der Waals surface area contributed by atoms with Gasteiger partial charge in [0.25, 0.3) is 5.56 Å². The van der Waals surface area contributed by atoms with E-state index in [2.05, 4.69) is 14.9 Å². The monoisotopic (exact) mass is 349 g/mol. The minimum atomic E-state index is -1.08. The lowest BCUT2D eigenvalue weighted by Gasteiger charge is -2.31. The minimum Gasteiger partial charge on any atom is -0.326 e. The van der Waals surface area contributed by atoms with Gasteiger partial charge in [0.2, 0.25) is 0 Å². The summed E-state index contributed by atoms with van der Waals surface area (Å²) < 4.78 is 26.2. The molecule has 0 bridgehead atoms. The average molecular weight is 349 g/mol. The SMILES string of the molecule is O=c1[nH]ccnc1CN1CCC(S(=O)Cc2ccccc2F)CC1. The zero-order valence-corrected chi connectivity index (χ0v) is 14.1. The maximum absolute atomic E-state index is 13.7. The number of aromatic nitrogens is 2. The van der Waals surface area contributed by atoms with Gasteiger partial charge in [-0.2, -0.15) is 0 Å². The Balaban J connectivity index is 1.53. The Bertz CT molecular complexity index is 772. The molecule has 0 saturated carbocycles. The van der Waals surface area contributed by atoms with Gasteiger partial charge in [0, 0.05) is 40.6 Å². The van der Waals surface area contributed by atoms with Gasteiger partial charge >= 0.3 is 0 Å². The summed E-state index contributed by atoms with van der Waals surface area (Å²) in [6, 6.07) is 6.50. The van der Waals surface area contributed by atoms with Gasteiger partial charge in [0.05, 0.1) is 5.75 Å². The highest BCUT2D eigenvalue weighted by molar-refractivity contribution is 7.84. The lowest BCUT2D eigenvalue weighted by molar-refractivity contribution is 0.220. The number of halogens is 1. The number of hydrogen-bond donors (Lipinski definition) is 1. The van der Waals surface area contributed by atoms with Crippen LogP contribution in [0.2, 0.25) is 0 Å². The van der Waals surface area contributed by atoms with Crippen LogP contribution >= 0.6 is 0 Å². The van der Waals surface area contributed by atoms with Crippen molar-refractivity contribution in [1.82, 2.24) is 14.9 Å². The van der Waals surface area contributed by atoms with Crippen molar-refractivity contribution in [2.24, 2.45) is 0 Å². The van der Waals surface area contributed by atoms with Gasteiger partial charge in [-0.1, -0.05) is 18.2 Å². The van der Waals surface area contributed by atoms with Crippen LogP contribution in [-0.4, -0.2) is 37.4 Å². The molecule has 0 amide bonds. The van der Waals surface area contributed by atoms with Crippen molar-refractivity contribution in [3.05, 3.63) is 64.1 Å². The van der Waals surface area contributed by atoms with Gasteiger partial charge in [-0.15, -0.1) is 0 Å². The molecule has 7 heteroatoms. The Morgan fingerprint density at radius 3 is 2.75 bits per heavy atom. The molecular weight excluding hydrogens is 329 g/mol. The molecule has 1 N–H and O–H groups in total. The highest BCUT2D eigenvalue weighted by Gasteiger charge is 2.25. The first-order valence-corrected chi connectivity index (χ1v) is 9.37. The number of piperidine rings is 1. The highest BCUT2D eigenvalue weighted by Crippen LogP contribution is 2.20. The second kappa shape index (κ2) is 7.81. The fraction of sp³-hybridized carbons (Fsp3) is 0.412. The molecule has 1 aromatic heterocycles. The summed E-state index contributed by atoms with van der Waals surface area (Å²) in [6.45, 7) is 2.04. The van der Waals surface area contributed by atoms with Crippen LogP contribution in [0.1, 0.15) is 24.1 Å². The zero-order chi connectivity index (χ0) is 16.9. The van der Waals surface area contributed by atoms with E-state index in [4.69, 9.17) is 0 Å². The van der Waals surface area contributed by atoms with Crippen molar-refractivity contribution in [3.63, 3.8) is 0 Å². The second-order valence-electron chi connectivity index (χ2n) is 5.96. The van der Waals surface area contributed by atoms with E-state index in [1.54, 1.807) is 24.4 Å². The molecule has 2 heterocycles. The Labute approximate surface area is 142 Å². The molecule has 1 atom stereocenters. The predicted molar refractivity (Wildman–Crippen MR) is 91.4 cm³/mol. The van der Waals surface area contributed by atoms with Crippen molar-refractivity contribution >= 4 is 10.8 Å². The van der Waals surface area contributed by atoms with E-state index in [9.17, 15) is 13.4 Å². The number of nitrogens with zero attached hydrogens (tertiary/aromatic N) is 2. The molecule has 2 aromatic rings. The smallest absolute Gasteiger partial charge is 0.270 e. The Morgan fingerprint density at radius 2 is 2.04 bits per heavy atom. The van der Waals surface area contributed by atoms with Gasteiger partial charge in [-0.3, -0.25) is 18.9 Å². The van der Waals surface area contributed by atoms with Crippen LogP contribution in [0.4, 0.5) is 4.39 Å². The summed E-state index contributed by atoms with van der Waals surface area (Å²) in [5.74, 6) is -0.0327. The maximum Gasteiger partial charge on any atom is 0.270 e. The number of benzene rings is 1. The fourth-order valence-electron chi connectivity index (χ4n) is 2.92. The fourth-order valence-corrected chi connectivity index (χ4v) is 4.44. The van der Waals surface area contributed by atoms with Gasteiger partial charge in [0.1, 0.15) is 11.5 Å². The third-order valence-electron chi connectivity index (χ3n) is 4.32. The van der Waals surface area contributed by atoms with Gasteiger partial charge in [-0.25, -0.2) is 4.39 Å². The first-order valence-electron chi connectivity index (χ1n) is 7.99. The first-order chi connectivity index (χ1) is 11.6. The lowest BCUT2D eigenvalue weighted by Crippen LogP contribution is -2.38. The molecule has 1 aromatic carbocycles. The van der Waals surface area contributed by atoms with Crippen LogP contribution in [0, 0.1) is 5.82 Å². The van der Waals surface area contributed by atoms with Crippen LogP contribution in [0.3, 0.4) is 0 Å². The molecule has 1 unspecified atom stereocenters. The van der Waals surface area contributed by atoms with Crippen LogP contribution in [0.5, 0.6) is 0 Å². The molecule has 0 spiro atoms. The third-order valence-corrected chi connectivity index (χ3v) is 6.13. The van der Waals surface area contributed by atoms with Gasteiger partial charge in [0.15, 0.2) is 0 Å². The van der Waals surface area contributed by atoms with Crippen LogP contribution in [0.15, 0.2) is 41.5 Å². The van der Waals surface area contributed by atoms with Crippen molar-refractivity contribution < 1.29 is 8.60 Å². The Hall–Kier alpha value is -1.86. The number of rotatable bonds is 5. The van der Waals surface area contributed by atoms with E-state index in [1.807, 2.05) is 0 Å². The molecule has 1 saturated heterocycles. The van der Waals surface area contributed by atoms with Crippen LogP contribution in [0.25, 0.3) is 0 Å². The van der Waals surface area contributed by atoms with E-state index < -0.39 is 10.8 Å². The van der Waals surface area contributed by atoms with Gasteiger partial charge < -0.3 is 4.98 Å². The molecule has 1 fully saturated rings. The number of aromatic amines is 1. The maximum atomic E-state index is 13.7. The molecule has 3 rings (SSSR count). The minimum absolute atomic E-state index is 0.0721. The van der Waals surface area contributed by atoms with Crippen LogP contribution in [-0.2, 0) is 23.1 Å². The van der Waals surface area contributed by atoms with Gasteiger partial charge in [-0.05, 0) is 32.0 Å². The average Bonchev–Trinajstić information content (AvgIpc) is 2.59. The van der Waals surface area contributed by atoms with E-state index in [-0.39, 0.29) is 22.4 Å². The van der Waals surface area contributed by atoms with E-state index in [0.717, 1.165) is 25.9 Å². The molecular formula is C17H20FN3O2S. The summed E-state index contributed by atoms with van der Waals surface area (Å²) in [5, 5.41) is 0.0721. The molecule has 128 valence electrons.